The molecule has 3 N–H and O–H groups in total. The third-order valence-electron chi connectivity index (χ3n) is 4.93. The van der Waals surface area contributed by atoms with Crippen molar-refractivity contribution in [3.63, 3.8) is 0 Å². The summed E-state index contributed by atoms with van der Waals surface area (Å²) in [7, 11) is 0. The van der Waals surface area contributed by atoms with Crippen LogP contribution in [0.1, 0.15) is 12.8 Å². The average molecular weight is 363 g/mol. The number of fused-ring (bicyclic) bond motifs is 1. The summed E-state index contributed by atoms with van der Waals surface area (Å²) >= 11 is 0. The molecule has 27 heavy (non-hydrogen) atoms. The zero-order valence-electron chi connectivity index (χ0n) is 15.3. The van der Waals surface area contributed by atoms with Crippen molar-refractivity contribution in [2.24, 2.45) is 0 Å². The fourth-order valence-electron chi connectivity index (χ4n) is 3.36. The van der Waals surface area contributed by atoms with Crippen LogP contribution in [-0.4, -0.2) is 41.5 Å². The van der Waals surface area contributed by atoms with Gasteiger partial charge in [0.1, 0.15) is 11.9 Å². The Morgan fingerprint density at radius 1 is 1.19 bits per heavy atom. The molecule has 4 rings (SSSR count). The number of benzene rings is 2. The van der Waals surface area contributed by atoms with Crippen LogP contribution < -0.4 is 15.9 Å². The smallest absolute Gasteiger partial charge is 0.320 e. The summed E-state index contributed by atoms with van der Waals surface area (Å²) in [5, 5.41) is 19.0. The van der Waals surface area contributed by atoms with E-state index in [4.69, 9.17) is 15.2 Å². The van der Waals surface area contributed by atoms with Gasteiger partial charge in [-0.1, -0.05) is 25.0 Å². The lowest BCUT2D eigenvalue weighted by atomic mass is 9.64. The highest BCUT2D eigenvalue weighted by atomic mass is 16.5. The number of hydrogen-bond acceptors (Lipinski definition) is 6. The number of aromatic nitrogens is 2. The molecule has 0 unspecified atom stereocenters. The molecule has 138 valence electrons. The van der Waals surface area contributed by atoms with E-state index in [9.17, 15) is 5.02 Å². The summed E-state index contributed by atoms with van der Waals surface area (Å²) in [5.74, 6) is 0.794. The van der Waals surface area contributed by atoms with E-state index in [-0.39, 0.29) is 6.10 Å². The third-order valence-corrected chi connectivity index (χ3v) is 4.93. The summed E-state index contributed by atoms with van der Waals surface area (Å²) < 4.78 is 11.7. The van der Waals surface area contributed by atoms with Crippen LogP contribution in [0.3, 0.4) is 0 Å². The topological polar surface area (TPSA) is 90.5 Å². The van der Waals surface area contributed by atoms with Crippen LogP contribution in [0.25, 0.3) is 22.0 Å². The predicted molar refractivity (Wildman–Crippen MR) is 107 cm³/mol. The van der Waals surface area contributed by atoms with Crippen LogP contribution in [-0.2, 0) is 4.74 Å². The number of ether oxygens (including phenoxy) is 2. The van der Waals surface area contributed by atoms with Gasteiger partial charge in [0.15, 0.2) is 0 Å². The molecule has 1 aromatic heterocycles. The Balaban J connectivity index is 1.77. The maximum Gasteiger partial charge on any atom is 0.320 e. The summed E-state index contributed by atoms with van der Waals surface area (Å²) in [6.07, 6.45) is 3.43. The van der Waals surface area contributed by atoms with Crippen LogP contribution >= 0.6 is 0 Å². The maximum atomic E-state index is 10.0. The maximum absolute atomic E-state index is 10.0. The molecule has 6 nitrogen and oxygen atoms in total. The van der Waals surface area contributed by atoms with Gasteiger partial charge in [-0.2, -0.15) is 10.2 Å². The Morgan fingerprint density at radius 3 is 2.78 bits per heavy atom. The first-order valence-corrected chi connectivity index (χ1v) is 9.19. The van der Waals surface area contributed by atoms with Gasteiger partial charge >= 0.3 is 6.92 Å². The highest BCUT2D eigenvalue weighted by molar-refractivity contribution is 6.64. The van der Waals surface area contributed by atoms with Gasteiger partial charge in [-0.15, -0.1) is 0 Å². The van der Waals surface area contributed by atoms with Gasteiger partial charge in [-0.05, 0) is 29.2 Å². The molecule has 0 amide bonds. The van der Waals surface area contributed by atoms with Gasteiger partial charge < -0.3 is 20.2 Å². The van der Waals surface area contributed by atoms with Crippen molar-refractivity contribution < 1.29 is 14.5 Å². The van der Waals surface area contributed by atoms with Crippen LogP contribution in [0, 0.1) is 0 Å². The molecule has 1 saturated heterocycles. The molecule has 0 bridgehead atoms. The van der Waals surface area contributed by atoms with Crippen molar-refractivity contribution >= 4 is 29.0 Å². The van der Waals surface area contributed by atoms with E-state index in [0.29, 0.717) is 5.69 Å². The Morgan fingerprint density at radius 2 is 2.00 bits per heavy atom. The zero-order chi connectivity index (χ0) is 18.8. The van der Waals surface area contributed by atoms with E-state index in [1.54, 1.807) is 13.0 Å². The van der Waals surface area contributed by atoms with Gasteiger partial charge in [0.2, 0.25) is 0 Å². The Kier molecular flexibility index (Phi) is 4.96. The summed E-state index contributed by atoms with van der Waals surface area (Å²) in [6.45, 7) is 2.63. The summed E-state index contributed by atoms with van der Waals surface area (Å²) in [4.78, 5) is 0. The van der Waals surface area contributed by atoms with E-state index in [0.717, 1.165) is 59.3 Å². The SMILES string of the molecule is CB(O)c1ccc(OC2CCOCC2)c(-c2ccc3c(N)cnnc3c2)c1. The first kappa shape index (κ1) is 17.8. The van der Waals surface area contributed by atoms with Gasteiger partial charge in [-0.25, -0.2) is 0 Å². The number of nitrogens with two attached hydrogens (primary N) is 1. The van der Waals surface area contributed by atoms with Gasteiger partial charge in [0, 0.05) is 23.8 Å². The van der Waals surface area contributed by atoms with E-state index in [1.165, 1.54) is 0 Å². The minimum Gasteiger partial charge on any atom is -0.490 e. The lowest BCUT2D eigenvalue weighted by molar-refractivity contribution is 0.0258. The second kappa shape index (κ2) is 7.54. The second-order valence-corrected chi connectivity index (χ2v) is 6.89. The van der Waals surface area contributed by atoms with Crippen molar-refractivity contribution in [2.75, 3.05) is 18.9 Å². The lowest BCUT2D eigenvalue weighted by Gasteiger charge is -2.25. The number of rotatable bonds is 4. The third kappa shape index (κ3) is 3.75. The highest BCUT2D eigenvalue weighted by Gasteiger charge is 2.19. The number of hydrogen-bond donors (Lipinski definition) is 2. The van der Waals surface area contributed by atoms with Gasteiger partial charge in [-0.3, -0.25) is 0 Å². The molecular weight excluding hydrogens is 341 g/mol. The molecule has 2 aromatic carbocycles. The molecular formula is C20H22BN3O3. The van der Waals surface area contributed by atoms with Crippen molar-refractivity contribution in [3.05, 3.63) is 42.6 Å². The van der Waals surface area contributed by atoms with E-state index in [2.05, 4.69) is 10.2 Å². The lowest BCUT2D eigenvalue weighted by Crippen LogP contribution is -2.28. The van der Waals surface area contributed by atoms with Gasteiger partial charge in [0.05, 0.1) is 30.6 Å². The molecule has 0 aliphatic carbocycles. The van der Waals surface area contributed by atoms with Crippen LogP contribution in [0.5, 0.6) is 5.75 Å². The molecule has 0 saturated carbocycles. The minimum atomic E-state index is -0.559. The molecule has 0 radical (unpaired) electrons. The quantitative estimate of drug-likeness (QED) is 0.691. The fraction of sp³-hybridized carbons (Fsp3) is 0.300. The minimum absolute atomic E-state index is 0.130. The fourth-order valence-corrected chi connectivity index (χ4v) is 3.36. The van der Waals surface area contributed by atoms with Crippen molar-refractivity contribution in [2.45, 2.75) is 25.8 Å². The Hall–Kier alpha value is -2.64. The van der Waals surface area contributed by atoms with Crippen LogP contribution in [0.2, 0.25) is 6.82 Å². The monoisotopic (exact) mass is 363 g/mol. The normalized spacial score (nSPS) is 15.0. The van der Waals surface area contributed by atoms with Crippen LogP contribution in [0.15, 0.2) is 42.6 Å². The second-order valence-electron chi connectivity index (χ2n) is 6.89. The molecule has 0 spiro atoms. The molecule has 1 fully saturated rings. The molecule has 3 aromatic rings. The standard InChI is InChI=1S/C20H22BN3O3/c1-21(25)14-3-5-20(27-15-6-8-26-9-7-15)17(11-14)13-2-4-16-18(22)12-23-24-19(16)10-13/h2-5,10-12,15,25H,6-9H2,1H3,(H2,22,24). The first-order valence-electron chi connectivity index (χ1n) is 9.19. The molecule has 7 heteroatoms. The van der Waals surface area contributed by atoms with E-state index in [1.807, 2.05) is 36.4 Å². The van der Waals surface area contributed by atoms with Crippen LogP contribution in [0.4, 0.5) is 5.69 Å². The van der Waals surface area contributed by atoms with E-state index < -0.39 is 6.92 Å². The number of nitrogen functional groups attached to an aromatic ring is 1. The zero-order valence-corrected chi connectivity index (χ0v) is 15.3. The Labute approximate surface area is 158 Å². The first-order chi connectivity index (χ1) is 13.1. The van der Waals surface area contributed by atoms with Gasteiger partial charge in [0.25, 0.3) is 0 Å². The largest absolute Gasteiger partial charge is 0.490 e. The Bertz CT molecular complexity index is 958. The van der Waals surface area contributed by atoms with E-state index >= 15 is 0 Å². The predicted octanol–water partition coefficient (Wildman–Crippen LogP) is 2.26. The molecule has 1 aliphatic rings. The molecule has 0 atom stereocenters. The van der Waals surface area contributed by atoms with Crippen molar-refractivity contribution in [3.8, 4) is 16.9 Å². The highest BCUT2D eigenvalue weighted by Crippen LogP contribution is 2.33. The molecule has 2 heterocycles. The average Bonchev–Trinajstić information content (AvgIpc) is 2.69. The number of anilines is 1. The number of nitrogens with zero attached hydrogens (tertiary/aromatic N) is 2. The summed E-state index contributed by atoms with van der Waals surface area (Å²) in [6, 6.07) is 11.7. The van der Waals surface area contributed by atoms with Crippen molar-refractivity contribution in [1.29, 1.82) is 0 Å². The molecule has 1 aliphatic heterocycles. The van der Waals surface area contributed by atoms with Crippen molar-refractivity contribution in [1.82, 2.24) is 10.2 Å². The summed E-state index contributed by atoms with van der Waals surface area (Å²) in [5.41, 5.74) is 10.0.